The summed E-state index contributed by atoms with van der Waals surface area (Å²) in [5.41, 5.74) is 1.72. The Morgan fingerprint density at radius 2 is 2.29 bits per heavy atom. The average Bonchev–Trinajstić information content (AvgIpc) is 2.97. The Labute approximate surface area is 96.8 Å². The molecule has 2 aromatic rings. The van der Waals surface area contributed by atoms with Crippen LogP contribution in [0.5, 0.6) is 0 Å². The minimum atomic E-state index is 0.336. The van der Waals surface area contributed by atoms with Crippen molar-refractivity contribution in [3.8, 4) is 11.6 Å². The molecule has 6 heteroatoms. The summed E-state index contributed by atoms with van der Waals surface area (Å²) in [6.45, 7) is 0. The lowest BCUT2D eigenvalue weighted by molar-refractivity contribution is 0.179. The van der Waals surface area contributed by atoms with Gasteiger partial charge in [0.25, 0.3) is 0 Å². The third kappa shape index (κ3) is 1.41. The van der Waals surface area contributed by atoms with E-state index in [0.717, 1.165) is 11.2 Å². The predicted molar refractivity (Wildman–Crippen MR) is 58.4 cm³/mol. The van der Waals surface area contributed by atoms with E-state index in [-0.39, 0.29) is 0 Å². The van der Waals surface area contributed by atoms with Crippen LogP contribution in [-0.2, 0) is 6.42 Å². The predicted octanol–water partition coefficient (Wildman–Crippen LogP) is 1.90. The second-order valence-corrected chi connectivity index (χ2v) is 3.92. The first-order valence-corrected chi connectivity index (χ1v) is 5.37. The Morgan fingerprint density at radius 1 is 1.41 bits per heavy atom. The van der Waals surface area contributed by atoms with Gasteiger partial charge in [-0.1, -0.05) is 5.16 Å². The monoisotopic (exact) mass is 233 g/mol. The Morgan fingerprint density at radius 3 is 3.00 bits per heavy atom. The maximum Gasteiger partial charge on any atom is 0.212 e. The fourth-order valence-electron chi connectivity index (χ4n) is 2.11. The number of aromatic nitrogens is 2. The number of furan rings is 1. The van der Waals surface area contributed by atoms with Crippen LogP contribution in [-0.4, -0.2) is 25.8 Å². The van der Waals surface area contributed by atoms with Gasteiger partial charge in [0.1, 0.15) is 11.4 Å². The first-order chi connectivity index (χ1) is 8.31. The van der Waals surface area contributed by atoms with E-state index >= 15 is 0 Å². The van der Waals surface area contributed by atoms with Gasteiger partial charge in [-0.15, -0.1) is 0 Å². The second-order valence-electron chi connectivity index (χ2n) is 3.92. The summed E-state index contributed by atoms with van der Waals surface area (Å²) < 4.78 is 6.21. The summed E-state index contributed by atoms with van der Waals surface area (Å²) in [7, 11) is 0. The van der Waals surface area contributed by atoms with Crippen LogP contribution in [0.4, 0.5) is 0 Å². The zero-order chi connectivity index (χ0) is 11.8. The quantitative estimate of drug-likeness (QED) is 0.447. The van der Waals surface area contributed by atoms with E-state index in [2.05, 4.69) is 10.1 Å². The zero-order valence-corrected chi connectivity index (χ0v) is 9.00. The van der Waals surface area contributed by atoms with Crippen molar-refractivity contribution in [2.45, 2.75) is 19.3 Å². The van der Waals surface area contributed by atoms with Gasteiger partial charge in [-0.2, -0.15) is 4.73 Å². The molecule has 0 aromatic carbocycles. The summed E-state index contributed by atoms with van der Waals surface area (Å²) in [6.07, 6.45) is 3.72. The van der Waals surface area contributed by atoms with Gasteiger partial charge in [-0.3, -0.25) is 0 Å². The van der Waals surface area contributed by atoms with Gasteiger partial charge in [-0.05, 0) is 31.4 Å². The summed E-state index contributed by atoms with van der Waals surface area (Å²) in [4.78, 5) is 4.27. The Bertz CT molecular complexity index is 569. The molecule has 0 saturated carbocycles. The number of oxime groups is 1. The van der Waals surface area contributed by atoms with Crippen LogP contribution in [0, 0.1) is 0 Å². The van der Waals surface area contributed by atoms with E-state index in [9.17, 15) is 5.21 Å². The van der Waals surface area contributed by atoms with Gasteiger partial charge < -0.3 is 14.8 Å². The van der Waals surface area contributed by atoms with Crippen molar-refractivity contribution in [3.05, 3.63) is 29.8 Å². The minimum absolute atomic E-state index is 0.336. The molecule has 0 unspecified atom stereocenters. The molecule has 1 aliphatic carbocycles. The molecule has 2 heterocycles. The van der Waals surface area contributed by atoms with Crippen LogP contribution >= 0.6 is 0 Å². The largest absolute Gasteiger partial charge is 0.461 e. The van der Waals surface area contributed by atoms with E-state index in [1.807, 2.05) is 0 Å². The molecule has 0 atom stereocenters. The average molecular weight is 233 g/mol. The van der Waals surface area contributed by atoms with E-state index < -0.39 is 0 Å². The van der Waals surface area contributed by atoms with Crippen LogP contribution in [0.1, 0.15) is 24.2 Å². The highest BCUT2D eigenvalue weighted by Gasteiger charge is 2.26. The minimum Gasteiger partial charge on any atom is -0.461 e. The first kappa shape index (κ1) is 9.95. The fraction of sp³-hybridized carbons (Fsp3) is 0.273. The highest BCUT2D eigenvalue weighted by Crippen LogP contribution is 2.27. The van der Waals surface area contributed by atoms with E-state index in [1.54, 1.807) is 12.1 Å². The molecule has 1 aliphatic rings. The number of hydrogen-bond donors (Lipinski definition) is 2. The lowest BCUT2D eigenvalue weighted by atomic mass is 9.99. The summed E-state index contributed by atoms with van der Waals surface area (Å²) in [5.74, 6) is 0.822. The molecule has 0 amide bonds. The summed E-state index contributed by atoms with van der Waals surface area (Å²) in [5, 5.41) is 22.1. The molecule has 2 aromatic heterocycles. The van der Waals surface area contributed by atoms with Crippen molar-refractivity contribution >= 4 is 5.71 Å². The molecule has 3 rings (SSSR count). The molecular formula is C11H11N3O3. The molecule has 6 nitrogen and oxygen atoms in total. The maximum atomic E-state index is 10.0. The van der Waals surface area contributed by atoms with Gasteiger partial charge >= 0.3 is 0 Å². The van der Waals surface area contributed by atoms with Crippen LogP contribution in [0.25, 0.3) is 11.6 Å². The molecule has 0 radical (unpaired) electrons. The fourth-order valence-corrected chi connectivity index (χ4v) is 2.11. The number of fused-ring (bicyclic) bond motifs is 1. The van der Waals surface area contributed by atoms with Crippen molar-refractivity contribution in [1.82, 2.24) is 9.71 Å². The van der Waals surface area contributed by atoms with Crippen LogP contribution < -0.4 is 0 Å². The number of imidazole rings is 1. The number of nitrogens with zero attached hydrogens (tertiary/aromatic N) is 3. The van der Waals surface area contributed by atoms with Crippen molar-refractivity contribution in [3.63, 3.8) is 0 Å². The highest BCUT2D eigenvalue weighted by atomic mass is 16.5. The van der Waals surface area contributed by atoms with E-state index in [4.69, 9.17) is 9.62 Å². The Balaban J connectivity index is 2.18. The first-order valence-electron chi connectivity index (χ1n) is 5.37. The van der Waals surface area contributed by atoms with Crippen molar-refractivity contribution in [2.24, 2.45) is 5.16 Å². The topological polar surface area (TPSA) is 83.8 Å². The van der Waals surface area contributed by atoms with Crippen LogP contribution in [0.2, 0.25) is 0 Å². The zero-order valence-electron chi connectivity index (χ0n) is 9.00. The van der Waals surface area contributed by atoms with Crippen molar-refractivity contribution in [1.29, 1.82) is 0 Å². The Hall–Kier alpha value is -2.24. The van der Waals surface area contributed by atoms with E-state index in [0.29, 0.717) is 41.5 Å². The van der Waals surface area contributed by atoms with Gasteiger partial charge in [0.15, 0.2) is 5.76 Å². The molecule has 0 fully saturated rings. The molecule has 0 aliphatic heterocycles. The molecule has 17 heavy (non-hydrogen) atoms. The van der Waals surface area contributed by atoms with Crippen LogP contribution in [0.3, 0.4) is 0 Å². The SMILES string of the molecule is ON=C1CCCc2c1nc(-c1ccco1)n2O. The lowest BCUT2D eigenvalue weighted by Gasteiger charge is -2.11. The van der Waals surface area contributed by atoms with Gasteiger partial charge in [0.05, 0.1) is 12.0 Å². The molecular weight excluding hydrogens is 222 g/mol. The number of rotatable bonds is 1. The molecule has 2 N–H and O–H groups in total. The summed E-state index contributed by atoms with van der Waals surface area (Å²) in [6, 6.07) is 3.44. The Kier molecular flexibility index (Phi) is 2.14. The smallest absolute Gasteiger partial charge is 0.212 e. The van der Waals surface area contributed by atoms with Gasteiger partial charge in [0.2, 0.25) is 5.82 Å². The van der Waals surface area contributed by atoms with Crippen molar-refractivity contribution < 1.29 is 14.8 Å². The third-order valence-electron chi connectivity index (χ3n) is 2.91. The normalized spacial score (nSPS) is 17.3. The highest BCUT2D eigenvalue weighted by molar-refractivity contribution is 6.00. The molecule has 88 valence electrons. The molecule has 0 bridgehead atoms. The lowest BCUT2D eigenvalue weighted by Crippen LogP contribution is -2.13. The standard InChI is InChI=1S/C11H11N3O3/c15-13-7-3-1-4-8-10(7)12-11(14(8)16)9-5-2-6-17-9/h2,5-6,15-16H,1,3-4H2. The second kappa shape index (κ2) is 3.65. The maximum absolute atomic E-state index is 10.0. The third-order valence-corrected chi connectivity index (χ3v) is 2.91. The van der Waals surface area contributed by atoms with Gasteiger partial charge in [0, 0.05) is 0 Å². The molecule has 0 saturated heterocycles. The van der Waals surface area contributed by atoms with Gasteiger partial charge in [-0.25, -0.2) is 4.98 Å². The molecule has 0 spiro atoms. The van der Waals surface area contributed by atoms with Crippen molar-refractivity contribution in [2.75, 3.05) is 0 Å². The van der Waals surface area contributed by atoms with Crippen LogP contribution in [0.15, 0.2) is 28.0 Å². The number of hydrogen-bond acceptors (Lipinski definition) is 5. The van der Waals surface area contributed by atoms with E-state index in [1.165, 1.54) is 6.26 Å². The summed E-state index contributed by atoms with van der Waals surface area (Å²) >= 11 is 0.